The van der Waals surface area contributed by atoms with Gasteiger partial charge < -0.3 is 14.7 Å². The fourth-order valence-corrected chi connectivity index (χ4v) is 1.36. The lowest BCUT2D eigenvalue weighted by molar-refractivity contribution is 0.0625. The van der Waals surface area contributed by atoms with Crippen LogP contribution in [0.3, 0.4) is 0 Å². The second kappa shape index (κ2) is 5.45. The normalized spacial score (nSPS) is 18.4. The molecule has 0 saturated carbocycles. The van der Waals surface area contributed by atoms with E-state index in [9.17, 15) is 4.79 Å². The highest BCUT2D eigenvalue weighted by Gasteiger charge is 2.18. The van der Waals surface area contributed by atoms with Crippen molar-refractivity contribution in [2.75, 3.05) is 19.7 Å². The van der Waals surface area contributed by atoms with Gasteiger partial charge in [-0.05, 0) is 19.3 Å². The first-order chi connectivity index (χ1) is 6.74. The van der Waals surface area contributed by atoms with Crippen molar-refractivity contribution in [3.05, 3.63) is 0 Å². The molecule has 1 aliphatic rings. The zero-order valence-electron chi connectivity index (χ0n) is 7.98. The van der Waals surface area contributed by atoms with Crippen LogP contribution in [0.4, 0.5) is 4.79 Å². The monoisotopic (exact) mass is 198 g/mol. The van der Waals surface area contributed by atoms with E-state index in [4.69, 9.17) is 15.1 Å². The summed E-state index contributed by atoms with van der Waals surface area (Å²) in [5, 5.41) is 17.1. The van der Waals surface area contributed by atoms with Crippen LogP contribution >= 0.6 is 0 Å². The molecule has 1 saturated heterocycles. The second-order valence-corrected chi connectivity index (χ2v) is 3.27. The van der Waals surface area contributed by atoms with Crippen LogP contribution < -0.4 is 0 Å². The standard InChI is InChI=1S/C9H14N2O3/c10-6-8(12)7-14-9(13)11-4-2-1-3-5-11/h8,12H,1-5,7H2. The van der Waals surface area contributed by atoms with Gasteiger partial charge in [0, 0.05) is 13.1 Å². The van der Waals surface area contributed by atoms with Gasteiger partial charge in [0.1, 0.15) is 6.61 Å². The van der Waals surface area contributed by atoms with Crippen molar-refractivity contribution in [3.8, 4) is 6.07 Å². The van der Waals surface area contributed by atoms with Gasteiger partial charge in [0.05, 0.1) is 6.07 Å². The molecule has 1 aliphatic heterocycles. The molecule has 0 spiro atoms. The van der Waals surface area contributed by atoms with Crippen LogP contribution in [0.1, 0.15) is 19.3 Å². The number of carbonyl (C=O) groups is 1. The Kier molecular flexibility index (Phi) is 4.20. The molecule has 5 heteroatoms. The molecule has 0 aromatic rings. The molecular weight excluding hydrogens is 184 g/mol. The summed E-state index contributed by atoms with van der Waals surface area (Å²) in [6, 6.07) is 1.58. The van der Waals surface area contributed by atoms with Gasteiger partial charge in [-0.1, -0.05) is 0 Å². The highest BCUT2D eigenvalue weighted by Crippen LogP contribution is 2.09. The maximum Gasteiger partial charge on any atom is 0.409 e. The van der Waals surface area contributed by atoms with Crippen molar-refractivity contribution in [1.82, 2.24) is 4.90 Å². The Morgan fingerprint density at radius 2 is 2.14 bits per heavy atom. The third kappa shape index (κ3) is 3.23. The highest BCUT2D eigenvalue weighted by atomic mass is 16.6. The topological polar surface area (TPSA) is 73.6 Å². The van der Waals surface area contributed by atoms with Crippen molar-refractivity contribution >= 4 is 6.09 Å². The number of rotatable bonds is 2. The number of nitrogens with zero attached hydrogens (tertiary/aromatic N) is 2. The first kappa shape index (κ1) is 10.8. The third-order valence-corrected chi connectivity index (χ3v) is 2.13. The van der Waals surface area contributed by atoms with Gasteiger partial charge in [0.2, 0.25) is 0 Å². The number of amides is 1. The smallest absolute Gasteiger partial charge is 0.409 e. The number of aliphatic hydroxyl groups excluding tert-OH is 1. The van der Waals surface area contributed by atoms with E-state index in [0.29, 0.717) is 13.1 Å². The Balaban J connectivity index is 2.24. The lowest BCUT2D eigenvalue weighted by Crippen LogP contribution is -2.37. The van der Waals surface area contributed by atoms with E-state index in [0.717, 1.165) is 19.3 Å². The van der Waals surface area contributed by atoms with Crippen molar-refractivity contribution in [2.45, 2.75) is 25.4 Å². The number of nitriles is 1. The van der Waals surface area contributed by atoms with Crippen molar-refractivity contribution in [3.63, 3.8) is 0 Å². The van der Waals surface area contributed by atoms with Gasteiger partial charge in [-0.15, -0.1) is 0 Å². The number of ether oxygens (including phenoxy) is 1. The first-order valence-electron chi connectivity index (χ1n) is 4.73. The van der Waals surface area contributed by atoms with Gasteiger partial charge in [-0.25, -0.2) is 4.79 Å². The summed E-state index contributed by atoms with van der Waals surface area (Å²) in [5.74, 6) is 0. The molecule has 1 rings (SSSR count). The summed E-state index contributed by atoms with van der Waals surface area (Å²) >= 11 is 0. The van der Waals surface area contributed by atoms with E-state index >= 15 is 0 Å². The largest absolute Gasteiger partial charge is 0.445 e. The molecule has 14 heavy (non-hydrogen) atoms. The highest BCUT2D eigenvalue weighted by molar-refractivity contribution is 5.67. The molecule has 1 heterocycles. The van der Waals surface area contributed by atoms with Crippen LogP contribution in [0.15, 0.2) is 0 Å². The van der Waals surface area contributed by atoms with Crippen LogP contribution in [0.25, 0.3) is 0 Å². The lowest BCUT2D eigenvalue weighted by Gasteiger charge is -2.25. The van der Waals surface area contributed by atoms with Crippen LogP contribution in [0.2, 0.25) is 0 Å². The molecule has 78 valence electrons. The fraction of sp³-hybridized carbons (Fsp3) is 0.778. The van der Waals surface area contributed by atoms with Gasteiger partial charge in [-0.3, -0.25) is 0 Å². The van der Waals surface area contributed by atoms with E-state index in [1.165, 1.54) is 0 Å². The maximum absolute atomic E-state index is 11.3. The number of piperidine rings is 1. The van der Waals surface area contributed by atoms with Gasteiger partial charge in [0.25, 0.3) is 0 Å². The second-order valence-electron chi connectivity index (χ2n) is 3.27. The Bertz CT molecular complexity index is 231. The Labute approximate surface area is 82.9 Å². The molecule has 0 aliphatic carbocycles. The van der Waals surface area contributed by atoms with Gasteiger partial charge in [0.15, 0.2) is 6.10 Å². The van der Waals surface area contributed by atoms with Crippen LogP contribution in [-0.4, -0.2) is 41.9 Å². The molecule has 0 bridgehead atoms. The molecule has 1 unspecified atom stereocenters. The average molecular weight is 198 g/mol. The molecule has 1 amide bonds. The maximum atomic E-state index is 11.3. The van der Waals surface area contributed by atoms with Gasteiger partial charge in [-0.2, -0.15) is 5.26 Å². The summed E-state index contributed by atoms with van der Waals surface area (Å²) in [7, 11) is 0. The SMILES string of the molecule is N#CC(O)COC(=O)N1CCCCC1. The molecule has 0 radical (unpaired) electrons. The number of hydrogen-bond acceptors (Lipinski definition) is 4. The van der Waals surface area contributed by atoms with Crippen molar-refractivity contribution < 1.29 is 14.6 Å². The minimum Gasteiger partial charge on any atom is -0.445 e. The first-order valence-corrected chi connectivity index (χ1v) is 4.73. The quantitative estimate of drug-likeness (QED) is 0.655. The predicted molar refractivity (Wildman–Crippen MR) is 48.4 cm³/mol. The summed E-state index contributed by atoms with van der Waals surface area (Å²) in [4.78, 5) is 12.9. The zero-order chi connectivity index (χ0) is 10.4. The van der Waals surface area contributed by atoms with Gasteiger partial charge >= 0.3 is 6.09 Å². The number of likely N-dealkylation sites (tertiary alicyclic amines) is 1. The van der Waals surface area contributed by atoms with Crippen LogP contribution in [0.5, 0.6) is 0 Å². The lowest BCUT2D eigenvalue weighted by atomic mass is 10.1. The molecule has 1 fully saturated rings. The summed E-state index contributed by atoms with van der Waals surface area (Å²) < 4.78 is 4.75. The Morgan fingerprint density at radius 1 is 1.50 bits per heavy atom. The molecule has 1 N–H and O–H groups in total. The van der Waals surface area contributed by atoms with E-state index in [-0.39, 0.29) is 6.61 Å². The van der Waals surface area contributed by atoms with Crippen molar-refractivity contribution in [2.24, 2.45) is 0 Å². The van der Waals surface area contributed by atoms with E-state index in [1.807, 2.05) is 0 Å². The number of hydrogen-bond donors (Lipinski definition) is 1. The van der Waals surface area contributed by atoms with Crippen molar-refractivity contribution in [1.29, 1.82) is 5.26 Å². The molecule has 1 atom stereocenters. The average Bonchev–Trinajstić information content (AvgIpc) is 2.26. The molecule has 0 aromatic heterocycles. The minimum absolute atomic E-state index is 0.244. The molecular formula is C9H14N2O3. The molecule has 5 nitrogen and oxygen atoms in total. The Hall–Kier alpha value is -1.28. The van der Waals surface area contributed by atoms with Crippen LogP contribution in [-0.2, 0) is 4.74 Å². The van der Waals surface area contributed by atoms with E-state index in [2.05, 4.69) is 0 Å². The zero-order valence-corrected chi connectivity index (χ0v) is 7.98. The van der Waals surface area contributed by atoms with E-state index < -0.39 is 12.2 Å². The minimum atomic E-state index is -1.22. The van der Waals surface area contributed by atoms with E-state index in [1.54, 1.807) is 11.0 Å². The fourth-order valence-electron chi connectivity index (χ4n) is 1.36. The van der Waals surface area contributed by atoms with Crippen LogP contribution in [0, 0.1) is 11.3 Å². The summed E-state index contributed by atoms with van der Waals surface area (Å²) in [6.07, 6.45) is 1.49. The third-order valence-electron chi connectivity index (χ3n) is 2.13. The number of aliphatic hydroxyl groups is 1. The summed E-state index contributed by atoms with van der Waals surface area (Å²) in [5.41, 5.74) is 0. The molecule has 0 aromatic carbocycles. The number of carbonyl (C=O) groups excluding carboxylic acids is 1. The predicted octanol–water partition coefficient (Wildman–Crippen LogP) is 0.493. The Morgan fingerprint density at radius 3 is 2.71 bits per heavy atom. The summed E-state index contributed by atoms with van der Waals surface area (Å²) in [6.45, 7) is 1.18.